The van der Waals surface area contributed by atoms with Gasteiger partial charge in [-0.05, 0) is 24.3 Å². The monoisotopic (exact) mass is 323 g/mol. The second-order valence-corrected chi connectivity index (χ2v) is 8.10. The smallest absolute Gasteiger partial charge is 0.193 e. The van der Waals surface area contributed by atoms with E-state index in [1.54, 1.807) is 0 Å². The molecule has 0 spiro atoms. The standard InChI is InChI=1S/C18H37N5/c1-6-21-9-11-22(12-10-21)14-16(2)13-20-17(19-5)23-8-7-18(3,4)15-23/h16H,6-15H2,1-5H3,(H,19,20). The molecule has 0 radical (unpaired) electrons. The van der Waals surface area contributed by atoms with E-state index in [0.717, 1.165) is 25.6 Å². The number of hydrogen-bond donors (Lipinski definition) is 1. The molecule has 5 nitrogen and oxygen atoms in total. The molecule has 134 valence electrons. The van der Waals surface area contributed by atoms with E-state index in [1.807, 2.05) is 7.05 Å². The maximum absolute atomic E-state index is 4.49. The minimum Gasteiger partial charge on any atom is -0.356 e. The van der Waals surface area contributed by atoms with Crippen molar-refractivity contribution in [2.24, 2.45) is 16.3 Å². The minimum absolute atomic E-state index is 0.419. The number of nitrogens with one attached hydrogen (secondary N) is 1. The Balaban J connectivity index is 1.70. The van der Waals surface area contributed by atoms with Crippen LogP contribution in [-0.2, 0) is 0 Å². The van der Waals surface area contributed by atoms with Gasteiger partial charge in [-0.3, -0.25) is 4.99 Å². The van der Waals surface area contributed by atoms with Crippen LogP contribution in [-0.4, -0.2) is 86.6 Å². The lowest BCUT2D eigenvalue weighted by Crippen LogP contribution is -2.49. The highest BCUT2D eigenvalue weighted by Crippen LogP contribution is 2.28. The van der Waals surface area contributed by atoms with Crippen molar-refractivity contribution in [3.05, 3.63) is 0 Å². The van der Waals surface area contributed by atoms with Gasteiger partial charge in [0.25, 0.3) is 0 Å². The van der Waals surface area contributed by atoms with Crippen molar-refractivity contribution >= 4 is 5.96 Å². The van der Waals surface area contributed by atoms with Gasteiger partial charge in [0, 0.05) is 59.4 Å². The number of piperazine rings is 1. The van der Waals surface area contributed by atoms with Crippen LogP contribution in [0.5, 0.6) is 0 Å². The zero-order chi connectivity index (χ0) is 16.9. The molecule has 2 aliphatic heterocycles. The summed E-state index contributed by atoms with van der Waals surface area (Å²) >= 11 is 0. The summed E-state index contributed by atoms with van der Waals surface area (Å²) in [5, 5.41) is 3.60. The molecule has 5 heteroatoms. The van der Waals surface area contributed by atoms with Crippen LogP contribution in [0.25, 0.3) is 0 Å². The van der Waals surface area contributed by atoms with E-state index in [0.29, 0.717) is 11.3 Å². The van der Waals surface area contributed by atoms with E-state index in [4.69, 9.17) is 0 Å². The SMILES string of the molecule is CCN1CCN(CC(C)CNC(=NC)N2CCC(C)(C)C2)CC1. The molecule has 1 unspecified atom stereocenters. The topological polar surface area (TPSA) is 34.1 Å². The van der Waals surface area contributed by atoms with Gasteiger partial charge < -0.3 is 20.0 Å². The molecule has 2 aliphatic rings. The molecule has 2 saturated heterocycles. The van der Waals surface area contributed by atoms with E-state index >= 15 is 0 Å². The Labute approximate surface area is 143 Å². The van der Waals surface area contributed by atoms with Gasteiger partial charge in [-0.1, -0.05) is 27.7 Å². The first-order valence-corrected chi connectivity index (χ1v) is 9.34. The fourth-order valence-corrected chi connectivity index (χ4v) is 3.68. The normalized spacial score (nSPS) is 24.9. The van der Waals surface area contributed by atoms with Crippen LogP contribution in [0.4, 0.5) is 0 Å². The first-order chi connectivity index (χ1) is 10.9. The summed E-state index contributed by atoms with van der Waals surface area (Å²) < 4.78 is 0. The van der Waals surface area contributed by atoms with E-state index in [2.05, 4.69) is 52.7 Å². The average Bonchev–Trinajstić information content (AvgIpc) is 2.88. The molecule has 0 aromatic rings. The Kier molecular flexibility index (Phi) is 6.72. The molecule has 0 aromatic heterocycles. The zero-order valence-electron chi connectivity index (χ0n) is 15.9. The van der Waals surface area contributed by atoms with Gasteiger partial charge in [-0.15, -0.1) is 0 Å². The Hall–Kier alpha value is -0.810. The van der Waals surface area contributed by atoms with Gasteiger partial charge in [0.05, 0.1) is 0 Å². The molecular formula is C18H37N5. The predicted molar refractivity (Wildman–Crippen MR) is 99.1 cm³/mol. The molecular weight excluding hydrogens is 286 g/mol. The third-order valence-corrected chi connectivity index (χ3v) is 5.28. The van der Waals surface area contributed by atoms with E-state index in [-0.39, 0.29) is 0 Å². The van der Waals surface area contributed by atoms with Crippen molar-refractivity contribution < 1.29 is 0 Å². The first-order valence-electron chi connectivity index (χ1n) is 9.34. The van der Waals surface area contributed by atoms with Crippen molar-refractivity contribution in [3.63, 3.8) is 0 Å². The average molecular weight is 324 g/mol. The fraction of sp³-hybridized carbons (Fsp3) is 0.944. The highest BCUT2D eigenvalue weighted by molar-refractivity contribution is 5.80. The fourth-order valence-electron chi connectivity index (χ4n) is 3.68. The number of guanidine groups is 1. The summed E-state index contributed by atoms with van der Waals surface area (Å²) in [5.41, 5.74) is 0.419. The zero-order valence-corrected chi connectivity index (χ0v) is 15.9. The molecule has 0 aromatic carbocycles. The number of nitrogens with zero attached hydrogens (tertiary/aromatic N) is 4. The summed E-state index contributed by atoms with van der Waals surface area (Å²) in [6, 6.07) is 0. The van der Waals surface area contributed by atoms with Gasteiger partial charge in [0.1, 0.15) is 0 Å². The largest absolute Gasteiger partial charge is 0.356 e. The van der Waals surface area contributed by atoms with Crippen LogP contribution in [0, 0.1) is 11.3 Å². The van der Waals surface area contributed by atoms with Gasteiger partial charge in [0.15, 0.2) is 5.96 Å². The predicted octanol–water partition coefficient (Wildman–Crippen LogP) is 1.57. The number of rotatable bonds is 5. The summed E-state index contributed by atoms with van der Waals surface area (Å²) in [6.45, 7) is 19.8. The summed E-state index contributed by atoms with van der Waals surface area (Å²) in [6.07, 6.45) is 1.25. The summed E-state index contributed by atoms with van der Waals surface area (Å²) in [4.78, 5) is 12.0. The molecule has 2 fully saturated rings. The van der Waals surface area contributed by atoms with E-state index in [1.165, 1.54) is 45.7 Å². The molecule has 2 rings (SSSR count). The molecule has 1 atom stereocenters. The second kappa shape index (κ2) is 8.34. The maximum Gasteiger partial charge on any atom is 0.193 e. The molecule has 0 saturated carbocycles. The van der Waals surface area contributed by atoms with Crippen LogP contribution in [0.2, 0.25) is 0 Å². The quantitative estimate of drug-likeness (QED) is 0.615. The summed E-state index contributed by atoms with van der Waals surface area (Å²) in [7, 11) is 1.91. The van der Waals surface area contributed by atoms with Crippen molar-refractivity contribution in [3.8, 4) is 0 Å². The molecule has 0 bridgehead atoms. The molecule has 1 N–H and O–H groups in total. The highest BCUT2D eigenvalue weighted by atomic mass is 15.3. The second-order valence-electron chi connectivity index (χ2n) is 8.10. The molecule has 2 heterocycles. The van der Waals surface area contributed by atoms with E-state index in [9.17, 15) is 0 Å². The lowest BCUT2D eigenvalue weighted by Gasteiger charge is -2.35. The minimum atomic E-state index is 0.419. The van der Waals surface area contributed by atoms with Crippen LogP contribution in [0.3, 0.4) is 0 Å². The lowest BCUT2D eigenvalue weighted by molar-refractivity contribution is 0.124. The van der Waals surface area contributed by atoms with Crippen LogP contribution in [0.1, 0.15) is 34.1 Å². The van der Waals surface area contributed by atoms with Gasteiger partial charge in [-0.25, -0.2) is 0 Å². The Morgan fingerprint density at radius 3 is 2.30 bits per heavy atom. The summed E-state index contributed by atoms with van der Waals surface area (Å²) in [5.74, 6) is 1.73. The number of likely N-dealkylation sites (N-methyl/N-ethyl adjacent to an activating group) is 1. The van der Waals surface area contributed by atoms with Crippen molar-refractivity contribution in [1.82, 2.24) is 20.0 Å². The van der Waals surface area contributed by atoms with Crippen LogP contribution in [0.15, 0.2) is 4.99 Å². The van der Waals surface area contributed by atoms with Gasteiger partial charge in [-0.2, -0.15) is 0 Å². The lowest BCUT2D eigenvalue weighted by atomic mass is 9.93. The number of aliphatic imine (C=N–C) groups is 1. The van der Waals surface area contributed by atoms with Crippen LogP contribution >= 0.6 is 0 Å². The Morgan fingerprint density at radius 2 is 1.78 bits per heavy atom. The Bertz CT molecular complexity index is 385. The maximum atomic E-state index is 4.49. The van der Waals surface area contributed by atoms with Crippen molar-refractivity contribution in [2.75, 3.05) is 66.0 Å². The van der Waals surface area contributed by atoms with Crippen LogP contribution < -0.4 is 5.32 Å². The number of likely N-dealkylation sites (tertiary alicyclic amines) is 1. The van der Waals surface area contributed by atoms with E-state index < -0.39 is 0 Å². The van der Waals surface area contributed by atoms with Gasteiger partial charge in [0.2, 0.25) is 0 Å². The third kappa shape index (κ3) is 5.64. The van der Waals surface area contributed by atoms with Crippen molar-refractivity contribution in [2.45, 2.75) is 34.1 Å². The molecule has 23 heavy (non-hydrogen) atoms. The Morgan fingerprint density at radius 1 is 1.13 bits per heavy atom. The van der Waals surface area contributed by atoms with Gasteiger partial charge >= 0.3 is 0 Å². The third-order valence-electron chi connectivity index (χ3n) is 5.28. The first kappa shape index (κ1) is 18.5. The van der Waals surface area contributed by atoms with Crippen molar-refractivity contribution in [1.29, 1.82) is 0 Å². The molecule has 0 aliphatic carbocycles. The molecule has 0 amide bonds. The highest BCUT2D eigenvalue weighted by Gasteiger charge is 2.31. The number of hydrogen-bond acceptors (Lipinski definition) is 3.